The van der Waals surface area contributed by atoms with E-state index in [0.717, 1.165) is 17.5 Å². The molecule has 3 heterocycles. The normalized spacial score (nSPS) is 12.7. The zero-order valence-electron chi connectivity index (χ0n) is 16.5. The Morgan fingerprint density at radius 3 is 2.56 bits per heavy atom. The Morgan fingerprint density at radius 1 is 1.09 bits per heavy atom. The first-order valence-electron chi connectivity index (χ1n) is 9.02. The summed E-state index contributed by atoms with van der Waals surface area (Å²) in [5, 5.41) is 4.88. The van der Waals surface area contributed by atoms with Crippen molar-refractivity contribution < 1.29 is 22.3 Å². The number of anilines is 1. The summed E-state index contributed by atoms with van der Waals surface area (Å²) >= 11 is 6.90. The second-order valence-electron chi connectivity index (χ2n) is 6.54. The third-order valence-corrected chi connectivity index (χ3v) is 5.83. The van der Waals surface area contributed by atoms with Crippen LogP contribution in [-0.4, -0.2) is 43.4 Å². The number of nitrogens with zero attached hydrogens (tertiary/aromatic N) is 7. The van der Waals surface area contributed by atoms with Crippen molar-refractivity contribution in [2.75, 3.05) is 11.9 Å². The lowest BCUT2D eigenvalue weighted by Crippen LogP contribution is -2.26. The number of rotatable bonds is 7. The van der Waals surface area contributed by atoms with Gasteiger partial charge < -0.3 is 9.64 Å². The standard InChI is InChI=1S/C18H14ClF4N7OS/c1-8(15-27-7-28-30(15)18-24-5-12(32-18)14(20)21)29(2)16-10-3-9(19)4-11(31-17(22)23)13(10)25-6-26-16/h3-8,14,17H,1-2H3/t8-/m0/s1. The molecule has 8 nitrogen and oxygen atoms in total. The zero-order valence-corrected chi connectivity index (χ0v) is 18.0. The molecule has 0 spiro atoms. The number of aromatic nitrogens is 6. The number of halogens is 5. The predicted octanol–water partition coefficient (Wildman–Crippen LogP) is 5.06. The average Bonchev–Trinajstić information content (AvgIpc) is 3.41. The van der Waals surface area contributed by atoms with Crippen molar-refractivity contribution in [2.24, 2.45) is 0 Å². The summed E-state index contributed by atoms with van der Waals surface area (Å²) in [7, 11) is 1.70. The third-order valence-electron chi connectivity index (χ3n) is 4.63. The molecule has 0 saturated carbocycles. The molecule has 0 aliphatic rings. The van der Waals surface area contributed by atoms with E-state index in [2.05, 4.69) is 29.8 Å². The number of hydrogen-bond donors (Lipinski definition) is 0. The van der Waals surface area contributed by atoms with Gasteiger partial charge in [-0.15, -0.1) is 0 Å². The largest absolute Gasteiger partial charge is 0.432 e. The Balaban J connectivity index is 1.73. The van der Waals surface area contributed by atoms with Gasteiger partial charge in [-0.3, -0.25) is 0 Å². The molecule has 168 valence electrons. The van der Waals surface area contributed by atoms with Gasteiger partial charge in [-0.1, -0.05) is 22.9 Å². The summed E-state index contributed by atoms with van der Waals surface area (Å²) < 4.78 is 57.5. The van der Waals surface area contributed by atoms with E-state index in [1.54, 1.807) is 18.9 Å². The van der Waals surface area contributed by atoms with Crippen LogP contribution in [0.1, 0.15) is 30.1 Å². The van der Waals surface area contributed by atoms with Crippen molar-refractivity contribution in [2.45, 2.75) is 26.0 Å². The molecule has 1 atom stereocenters. The van der Waals surface area contributed by atoms with Crippen molar-refractivity contribution in [3.05, 3.63) is 46.7 Å². The molecule has 4 rings (SSSR count). The SMILES string of the molecule is C[C@@H](c1ncnn1-c1ncc(C(F)F)s1)N(C)c1ncnc2c(OC(F)F)cc(Cl)cc12. The number of ether oxygens (including phenoxy) is 1. The smallest absolute Gasteiger partial charge is 0.387 e. The van der Waals surface area contributed by atoms with Crippen LogP contribution in [0.15, 0.2) is 31.0 Å². The predicted molar refractivity (Wildman–Crippen MR) is 110 cm³/mol. The van der Waals surface area contributed by atoms with Gasteiger partial charge in [0.2, 0.25) is 5.13 Å². The van der Waals surface area contributed by atoms with Crippen molar-refractivity contribution >= 4 is 39.7 Å². The monoisotopic (exact) mass is 487 g/mol. The van der Waals surface area contributed by atoms with Crippen LogP contribution >= 0.6 is 22.9 Å². The van der Waals surface area contributed by atoms with Crippen LogP contribution in [0, 0.1) is 0 Å². The van der Waals surface area contributed by atoms with E-state index < -0.39 is 19.1 Å². The van der Waals surface area contributed by atoms with E-state index in [1.807, 2.05) is 0 Å². The van der Waals surface area contributed by atoms with Gasteiger partial charge in [0.1, 0.15) is 24.0 Å². The van der Waals surface area contributed by atoms with Gasteiger partial charge in [0.15, 0.2) is 11.6 Å². The van der Waals surface area contributed by atoms with Crippen molar-refractivity contribution in [3.63, 3.8) is 0 Å². The molecule has 14 heteroatoms. The van der Waals surface area contributed by atoms with E-state index in [4.69, 9.17) is 11.6 Å². The molecule has 0 bridgehead atoms. The molecule has 32 heavy (non-hydrogen) atoms. The second-order valence-corrected chi connectivity index (χ2v) is 8.02. The first kappa shape index (κ1) is 22.1. The molecular formula is C18H14ClF4N7OS. The van der Waals surface area contributed by atoms with Gasteiger partial charge in [-0.2, -0.15) is 18.6 Å². The minimum Gasteiger partial charge on any atom is -0.432 e. The fourth-order valence-electron chi connectivity index (χ4n) is 3.07. The number of alkyl halides is 4. The molecule has 0 aliphatic heterocycles. The van der Waals surface area contributed by atoms with Gasteiger partial charge in [0, 0.05) is 29.7 Å². The lowest BCUT2D eigenvalue weighted by atomic mass is 10.2. The summed E-state index contributed by atoms with van der Waals surface area (Å²) in [6, 6.07) is 2.30. The molecule has 3 aromatic heterocycles. The number of benzene rings is 1. The molecule has 0 N–H and O–H groups in total. The number of fused-ring (bicyclic) bond motifs is 1. The zero-order chi connectivity index (χ0) is 23.0. The van der Waals surface area contributed by atoms with Gasteiger partial charge in [0.25, 0.3) is 6.43 Å². The maximum absolute atomic E-state index is 13.0. The van der Waals surface area contributed by atoms with Crippen molar-refractivity contribution in [1.29, 1.82) is 0 Å². The van der Waals surface area contributed by atoms with E-state index in [9.17, 15) is 17.6 Å². The number of hydrogen-bond acceptors (Lipinski definition) is 8. The van der Waals surface area contributed by atoms with Crippen LogP contribution in [0.4, 0.5) is 23.4 Å². The highest BCUT2D eigenvalue weighted by Gasteiger charge is 2.25. The molecular weight excluding hydrogens is 474 g/mol. The van der Waals surface area contributed by atoms with E-state index in [0.29, 0.717) is 17.0 Å². The summed E-state index contributed by atoms with van der Waals surface area (Å²) in [5.41, 5.74) is 0.154. The van der Waals surface area contributed by atoms with Crippen LogP contribution in [0.25, 0.3) is 16.0 Å². The van der Waals surface area contributed by atoms with Gasteiger partial charge in [-0.05, 0) is 13.0 Å². The maximum Gasteiger partial charge on any atom is 0.387 e. The van der Waals surface area contributed by atoms with E-state index in [-0.39, 0.29) is 26.3 Å². The fourth-order valence-corrected chi connectivity index (χ4v) is 4.02. The van der Waals surface area contributed by atoms with Gasteiger partial charge in [0.05, 0.1) is 10.9 Å². The van der Waals surface area contributed by atoms with E-state index in [1.165, 1.54) is 29.5 Å². The van der Waals surface area contributed by atoms with Crippen LogP contribution in [-0.2, 0) is 0 Å². The number of thiazole rings is 1. The van der Waals surface area contributed by atoms with Crippen LogP contribution < -0.4 is 9.64 Å². The Hall–Kier alpha value is -3.06. The Bertz CT molecular complexity index is 1250. The summed E-state index contributed by atoms with van der Waals surface area (Å²) in [6.07, 6.45) is 0.949. The van der Waals surface area contributed by atoms with Crippen molar-refractivity contribution in [3.8, 4) is 10.9 Å². The Kier molecular flexibility index (Phi) is 6.11. The quantitative estimate of drug-likeness (QED) is 0.337. The average molecular weight is 488 g/mol. The molecule has 0 radical (unpaired) electrons. The molecule has 0 amide bonds. The first-order chi connectivity index (χ1) is 15.3. The molecule has 0 fully saturated rings. The lowest BCUT2D eigenvalue weighted by molar-refractivity contribution is -0.0489. The van der Waals surface area contributed by atoms with Gasteiger partial charge >= 0.3 is 6.61 Å². The molecule has 0 unspecified atom stereocenters. The topological polar surface area (TPSA) is 81.9 Å². The highest BCUT2D eigenvalue weighted by atomic mass is 35.5. The van der Waals surface area contributed by atoms with Gasteiger partial charge in [-0.25, -0.2) is 28.7 Å². The lowest BCUT2D eigenvalue weighted by Gasteiger charge is -2.26. The van der Waals surface area contributed by atoms with Crippen molar-refractivity contribution in [1.82, 2.24) is 29.7 Å². The Morgan fingerprint density at radius 2 is 1.88 bits per heavy atom. The fraction of sp³-hybridized carbons (Fsp3) is 0.278. The first-order valence-corrected chi connectivity index (χ1v) is 10.2. The minimum absolute atomic E-state index is 0.154. The highest BCUT2D eigenvalue weighted by Crippen LogP contribution is 2.36. The maximum atomic E-state index is 13.0. The summed E-state index contributed by atoms with van der Waals surface area (Å²) in [4.78, 5) is 18.1. The van der Waals surface area contributed by atoms with Crippen LogP contribution in [0.3, 0.4) is 0 Å². The Labute approximate surface area is 187 Å². The molecule has 1 aromatic carbocycles. The highest BCUT2D eigenvalue weighted by molar-refractivity contribution is 7.14. The van der Waals surface area contributed by atoms with Crippen LogP contribution in [0.2, 0.25) is 5.02 Å². The molecule has 0 aliphatic carbocycles. The summed E-state index contributed by atoms with van der Waals surface area (Å²) in [5.74, 6) is 0.587. The molecule has 0 saturated heterocycles. The molecule has 4 aromatic rings. The third kappa shape index (κ3) is 4.17. The summed E-state index contributed by atoms with van der Waals surface area (Å²) in [6.45, 7) is -1.27. The van der Waals surface area contributed by atoms with E-state index >= 15 is 0 Å². The second kappa shape index (κ2) is 8.82. The van der Waals surface area contributed by atoms with Crippen LogP contribution in [0.5, 0.6) is 5.75 Å². The minimum atomic E-state index is -3.05.